The van der Waals surface area contributed by atoms with Crippen molar-refractivity contribution in [2.75, 3.05) is 7.11 Å². The second-order valence-corrected chi connectivity index (χ2v) is 5.45. The first-order valence-corrected chi connectivity index (χ1v) is 8.02. The second kappa shape index (κ2) is 7.55. The van der Waals surface area contributed by atoms with Gasteiger partial charge in [-0.1, -0.05) is 43.3 Å². The number of hydrogen-bond donors (Lipinski definition) is 0. The topological polar surface area (TPSA) is 35.0 Å². The van der Waals surface area contributed by atoms with Crippen molar-refractivity contribution in [3.63, 3.8) is 0 Å². The van der Waals surface area contributed by atoms with E-state index in [0.29, 0.717) is 0 Å². The van der Waals surface area contributed by atoms with E-state index >= 15 is 0 Å². The van der Waals surface area contributed by atoms with Gasteiger partial charge < -0.3 is 4.74 Å². The molecule has 0 saturated carbocycles. The second-order valence-electron chi connectivity index (χ2n) is 5.45. The van der Waals surface area contributed by atoms with Crippen LogP contribution in [0.15, 0.2) is 60.9 Å². The summed E-state index contributed by atoms with van der Waals surface area (Å²) in [6.45, 7) is 2.13. The van der Waals surface area contributed by atoms with Crippen LogP contribution in [0.2, 0.25) is 0 Å². The van der Waals surface area contributed by atoms with E-state index in [0.717, 1.165) is 34.7 Å². The lowest BCUT2D eigenvalue weighted by molar-refractivity contribution is 0.410. The predicted molar refractivity (Wildman–Crippen MR) is 98.8 cm³/mol. The minimum absolute atomic E-state index is 0.877. The van der Waals surface area contributed by atoms with Crippen molar-refractivity contribution in [1.29, 1.82) is 0 Å². The molecule has 2 aromatic heterocycles. The minimum Gasteiger partial charge on any atom is -0.496 e. The zero-order valence-electron chi connectivity index (χ0n) is 13.9. The third-order valence-corrected chi connectivity index (χ3v) is 3.87. The molecule has 3 heteroatoms. The van der Waals surface area contributed by atoms with Gasteiger partial charge in [-0.3, -0.25) is 9.97 Å². The van der Waals surface area contributed by atoms with Gasteiger partial charge in [0, 0.05) is 12.4 Å². The molecule has 120 valence electrons. The van der Waals surface area contributed by atoms with E-state index in [2.05, 4.69) is 47.2 Å². The van der Waals surface area contributed by atoms with Crippen LogP contribution in [0.1, 0.15) is 23.6 Å². The maximum Gasteiger partial charge on any atom is 0.122 e. The van der Waals surface area contributed by atoms with Gasteiger partial charge in [-0.15, -0.1) is 0 Å². The standard InChI is InChI=1S/C21H20N2O/c1-3-18-11-9-16(14-21(18)24-2)7-8-17-10-12-20(23-15-17)19-6-4-5-13-22-19/h4-15H,3H2,1-2H3/b8-7-. The summed E-state index contributed by atoms with van der Waals surface area (Å²) in [4.78, 5) is 8.80. The van der Waals surface area contributed by atoms with Gasteiger partial charge in [0.1, 0.15) is 5.75 Å². The molecule has 0 aliphatic heterocycles. The predicted octanol–water partition coefficient (Wildman–Crippen LogP) is 4.89. The first-order valence-electron chi connectivity index (χ1n) is 8.02. The number of rotatable bonds is 5. The summed E-state index contributed by atoms with van der Waals surface area (Å²) in [7, 11) is 1.71. The summed E-state index contributed by atoms with van der Waals surface area (Å²) in [6, 6.07) is 16.1. The molecular weight excluding hydrogens is 296 g/mol. The lowest BCUT2D eigenvalue weighted by Crippen LogP contribution is -1.90. The Kier molecular flexibility index (Phi) is 5.02. The molecule has 0 amide bonds. The van der Waals surface area contributed by atoms with E-state index in [9.17, 15) is 0 Å². The number of aryl methyl sites for hydroxylation is 1. The van der Waals surface area contributed by atoms with Crippen molar-refractivity contribution in [3.8, 4) is 17.1 Å². The Morgan fingerprint density at radius 2 is 1.71 bits per heavy atom. The number of nitrogens with zero attached hydrogens (tertiary/aromatic N) is 2. The monoisotopic (exact) mass is 316 g/mol. The van der Waals surface area contributed by atoms with Crippen LogP contribution in [0.3, 0.4) is 0 Å². The van der Waals surface area contributed by atoms with Gasteiger partial charge in [0.15, 0.2) is 0 Å². The Morgan fingerprint density at radius 1 is 0.917 bits per heavy atom. The first-order chi connectivity index (χ1) is 11.8. The molecule has 0 unspecified atom stereocenters. The first kappa shape index (κ1) is 15.9. The van der Waals surface area contributed by atoms with E-state index in [-0.39, 0.29) is 0 Å². The van der Waals surface area contributed by atoms with Crippen LogP contribution in [0.4, 0.5) is 0 Å². The summed E-state index contributed by atoms with van der Waals surface area (Å²) >= 11 is 0. The lowest BCUT2D eigenvalue weighted by Gasteiger charge is -2.07. The molecule has 24 heavy (non-hydrogen) atoms. The van der Waals surface area contributed by atoms with Crippen LogP contribution in [0.5, 0.6) is 5.75 Å². The Hall–Kier alpha value is -2.94. The van der Waals surface area contributed by atoms with Crippen molar-refractivity contribution in [2.45, 2.75) is 13.3 Å². The van der Waals surface area contributed by atoms with Gasteiger partial charge in [0.05, 0.1) is 18.5 Å². The van der Waals surface area contributed by atoms with Crippen LogP contribution >= 0.6 is 0 Å². The molecule has 0 radical (unpaired) electrons. The maximum atomic E-state index is 5.44. The third kappa shape index (κ3) is 3.69. The van der Waals surface area contributed by atoms with Crippen LogP contribution < -0.4 is 4.74 Å². The highest BCUT2D eigenvalue weighted by Gasteiger charge is 2.01. The summed E-state index contributed by atoms with van der Waals surface area (Å²) in [6.07, 6.45) is 8.72. The van der Waals surface area contributed by atoms with Crippen LogP contribution in [0.25, 0.3) is 23.5 Å². The number of benzene rings is 1. The fraction of sp³-hybridized carbons (Fsp3) is 0.143. The summed E-state index contributed by atoms with van der Waals surface area (Å²) in [5, 5.41) is 0. The molecular formula is C21H20N2O. The zero-order chi connectivity index (χ0) is 16.8. The number of hydrogen-bond acceptors (Lipinski definition) is 3. The maximum absolute atomic E-state index is 5.44. The molecule has 0 fully saturated rings. The molecule has 3 aromatic rings. The number of ether oxygens (including phenoxy) is 1. The molecule has 3 rings (SSSR count). The number of pyridine rings is 2. The van der Waals surface area contributed by atoms with Crippen LogP contribution in [-0.4, -0.2) is 17.1 Å². The molecule has 2 heterocycles. The quantitative estimate of drug-likeness (QED) is 0.672. The zero-order valence-corrected chi connectivity index (χ0v) is 13.9. The molecule has 0 saturated heterocycles. The van der Waals surface area contributed by atoms with E-state index in [4.69, 9.17) is 4.74 Å². The average Bonchev–Trinajstić information content (AvgIpc) is 2.67. The van der Waals surface area contributed by atoms with Crippen molar-refractivity contribution < 1.29 is 4.74 Å². The van der Waals surface area contributed by atoms with Crippen molar-refractivity contribution >= 4 is 12.2 Å². The highest BCUT2D eigenvalue weighted by molar-refractivity contribution is 5.71. The minimum atomic E-state index is 0.877. The lowest BCUT2D eigenvalue weighted by atomic mass is 10.1. The summed E-state index contributed by atoms with van der Waals surface area (Å²) < 4.78 is 5.44. The van der Waals surface area contributed by atoms with Gasteiger partial charge in [-0.2, -0.15) is 0 Å². The molecule has 1 aromatic carbocycles. The average molecular weight is 316 g/mol. The SMILES string of the molecule is CCc1ccc(/C=C\c2ccc(-c3ccccn3)nc2)cc1OC. The Labute approximate surface area is 142 Å². The molecule has 0 spiro atoms. The molecule has 0 aliphatic rings. The largest absolute Gasteiger partial charge is 0.496 e. The van der Waals surface area contributed by atoms with E-state index in [1.165, 1.54) is 5.56 Å². The van der Waals surface area contributed by atoms with E-state index < -0.39 is 0 Å². The van der Waals surface area contributed by atoms with E-state index in [1.807, 2.05) is 36.5 Å². The fourth-order valence-electron chi connectivity index (χ4n) is 2.52. The van der Waals surface area contributed by atoms with Gasteiger partial charge in [-0.05, 0) is 47.4 Å². The van der Waals surface area contributed by atoms with E-state index in [1.54, 1.807) is 13.3 Å². The third-order valence-electron chi connectivity index (χ3n) is 3.87. The van der Waals surface area contributed by atoms with Gasteiger partial charge in [0.25, 0.3) is 0 Å². The molecule has 3 nitrogen and oxygen atoms in total. The molecule has 0 bridgehead atoms. The van der Waals surface area contributed by atoms with Crippen LogP contribution in [-0.2, 0) is 6.42 Å². The van der Waals surface area contributed by atoms with Gasteiger partial charge in [-0.25, -0.2) is 0 Å². The van der Waals surface area contributed by atoms with Gasteiger partial charge >= 0.3 is 0 Å². The fourth-order valence-corrected chi connectivity index (χ4v) is 2.52. The normalized spacial score (nSPS) is 10.9. The van der Waals surface area contributed by atoms with Gasteiger partial charge in [0.2, 0.25) is 0 Å². The highest BCUT2D eigenvalue weighted by Crippen LogP contribution is 2.22. The van der Waals surface area contributed by atoms with Crippen LogP contribution in [0, 0.1) is 0 Å². The molecule has 0 aliphatic carbocycles. The molecule has 0 atom stereocenters. The summed E-state index contributed by atoms with van der Waals surface area (Å²) in [5.41, 5.74) is 5.14. The van der Waals surface area contributed by atoms with Crippen molar-refractivity contribution in [3.05, 3.63) is 77.6 Å². The smallest absolute Gasteiger partial charge is 0.122 e. The Morgan fingerprint density at radius 3 is 2.38 bits per heavy atom. The highest BCUT2D eigenvalue weighted by atomic mass is 16.5. The number of aromatic nitrogens is 2. The molecule has 0 N–H and O–H groups in total. The Balaban J connectivity index is 1.77. The summed E-state index contributed by atoms with van der Waals surface area (Å²) in [5.74, 6) is 0.934. The van der Waals surface area contributed by atoms with Crippen molar-refractivity contribution in [1.82, 2.24) is 9.97 Å². The Bertz CT molecular complexity index is 824. The number of methoxy groups -OCH3 is 1. The van der Waals surface area contributed by atoms with Crippen molar-refractivity contribution in [2.24, 2.45) is 0 Å².